The van der Waals surface area contributed by atoms with Gasteiger partial charge in [-0.25, -0.2) is 4.98 Å². The van der Waals surface area contributed by atoms with Gasteiger partial charge in [-0.05, 0) is 46.5 Å². The van der Waals surface area contributed by atoms with Crippen molar-refractivity contribution in [1.29, 1.82) is 0 Å². The maximum atomic E-state index is 10.9. The Labute approximate surface area is 245 Å². The fourth-order valence-corrected chi connectivity index (χ4v) is 3.99. The van der Waals surface area contributed by atoms with Crippen molar-refractivity contribution in [2.75, 3.05) is 14.1 Å². The number of hydrogen-bond acceptors (Lipinski definition) is 6. The molecule has 0 bridgehead atoms. The smallest absolute Gasteiger partial charge is 0.323 e. The minimum atomic E-state index is -0.882. The molecule has 3 N–H and O–H groups in total. The molecule has 3 rings (SSSR count). The van der Waals surface area contributed by atoms with Crippen LogP contribution in [0, 0.1) is 0 Å². The van der Waals surface area contributed by atoms with Crippen LogP contribution in [0.5, 0.6) is 0 Å². The van der Waals surface area contributed by atoms with Gasteiger partial charge in [-0.2, -0.15) is 0 Å². The van der Waals surface area contributed by atoms with Gasteiger partial charge in [0.05, 0.1) is 17.3 Å². The monoisotopic (exact) mass is 570 g/mol. The second kappa shape index (κ2) is 20.6. The van der Waals surface area contributed by atoms with Crippen molar-refractivity contribution in [2.45, 2.75) is 104 Å². The topological polar surface area (TPSA) is 129 Å². The lowest BCUT2D eigenvalue weighted by atomic mass is 10.1. The third kappa shape index (κ3) is 15.3. The maximum absolute atomic E-state index is 10.9. The van der Waals surface area contributed by atoms with Gasteiger partial charge in [0.1, 0.15) is 18.4 Å². The van der Waals surface area contributed by atoms with E-state index in [9.17, 15) is 14.7 Å². The van der Waals surface area contributed by atoms with Gasteiger partial charge in [-0.3, -0.25) is 19.5 Å². The van der Waals surface area contributed by atoms with Gasteiger partial charge in [0.2, 0.25) is 0 Å². The Morgan fingerprint density at radius 1 is 0.902 bits per heavy atom. The Morgan fingerprint density at radius 2 is 1.49 bits per heavy atom. The zero-order chi connectivity index (χ0) is 30.6. The minimum Gasteiger partial charge on any atom is -0.480 e. The summed E-state index contributed by atoms with van der Waals surface area (Å²) in [5, 5.41) is 28.1. The number of hydrogen-bond donors (Lipinski definition) is 3. The number of nitrogens with zero attached hydrogens (tertiary/aromatic N) is 4. The average molecular weight is 571 g/mol. The molecule has 0 saturated heterocycles. The van der Waals surface area contributed by atoms with Gasteiger partial charge in [0, 0.05) is 24.2 Å². The summed E-state index contributed by atoms with van der Waals surface area (Å²) in [7, 11) is 3.47. The van der Waals surface area contributed by atoms with Crippen molar-refractivity contribution in [2.24, 2.45) is 0 Å². The zero-order valence-corrected chi connectivity index (χ0v) is 25.5. The molecule has 9 heteroatoms. The van der Waals surface area contributed by atoms with Crippen LogP contribution in [-0.2, 0) is 22.6 Å². The Balaban J connectivity index is 0.000000378. The van der Waals surface area contributed by atoms with Gasteiger partial charge in [-0.15, -0.1) is 0 Å². The van der Waals surface area contributed by atoms with E-state index in [4.69, 9.17) is 10.2 Å². The summed E-state index contributed by atoms with van der Waals surface area (Å²) in [6.45, 7) is 5.43. The number of aliphatic carboxylic acids is 2. The van der Waals surface area contributed by atoms with Crippen molar-refractivity contribution >= 4 is 22.8 Å². The first-order valence-electron chi connectivity index (χ1n) is 14.7. The van der Waals surface area contributed by atoms with E-state index in [1.807, 2.05) is 30.5 Å². The summed E-state index contributed by atoms with van der Waals surface area (Å²) in [6, 6.07) is 11.7. The van der Waals surface area contributed by atoms with E-state index in [1.54, 1.807) is 43.6 Å². The normalized spacial score (nSPS) is 12.2. The number of aromatic nitrogens is 3. The third-order valence-corrected chi connectivity index (χ3v) is 6.76. The number of aliphatic hydroxyl groups is 1. The van der Waals surface area contributed by atoms with Crippen LogP contribution in [0.1, 0.15) is 96.2 Å². The number of unbranched alkanes of at least 4 members (excludes halogenated alkanes) is 8. The number of imidazole rings is 1. The first kappa shape index (κ1) is 35.7. The molecule has 0 fully saturated rings. The van der Waals surface area contributed by atoms with Crippen LogP contribution in [0.25, 0.3) is 10.9 Å². The van der Waals surface area contributed by atoms with E-state index >= 15 is 0 Å². The second-order valence-corrected chi connectivity index (χ2v) is 10.5. The molecule has 2 aromatic heterocycles. The largest absolute Gasteiger partial charge is 0.480 e. The van der Waals surface area contributed by atoms with E-state index in [1.165, 1.54) is 50.3 Å². The van der Waals surface area contributed by atoms with Crippen LogP contribution in [0.2, 0.25) is 0 Å². The first-order chi connectivity index (χ1) is 19.6. The van der Waals surface area contributed by atoms with Crippen molar-refractivity contribution < 1.29 is 24.9 Å². The molecule has 2 unspecified atom stereocenters. The summed E-state index contributed by atoms with van der Waals surface area (Å²) in [4.78, 5) is 31.2. The van der Waals surface area contributed by atoms with Gasteiger partial charge < -0.3 is 19.9 Å². The number of pyridine rings is 1. The van der Waals surface area contributed by atoms with E-state index in [2.05, 4.69) is 29.0 Å². The van der Waals surface area contributed by atoms with Crippen LogP contribution in [0.4, 0.5) is 0 Å². The SMILES string of the molecule is CC(C(=O)O)N(C)C.CCCCCCCCCCCc1nc(C(C)O)cn1CC(=O)O.c1ccc2ncccc2c1. The Kier molecular flexibility index (Phi) is 17.9. The highest BCUT2D eigenvalue weighted by atomic mass is 16.4. The van der Waals surface area contributed by atoms with E-state index in [0.29, 0.717) is 5.69 Å². The summed E-state index contributed by atoms with van der Waals surface area (Å²) < 4.78 is 1.65. The van der Waals surface area contributed by atoms with Crippen LogP contribution in [0.15, 0.2) is 48.8 Å². The number of para-hydroxylation sites is 1. The number of carboxylic acid groups (broad SMARTS) is 2. The first-order valence-corrected chi connectivity index (χ1v) is 14.7. The lowest BCUT2D eigenvalue weighted by Crippen LogP contribution is -2.32. The third-order valence-electron chi connectivity index (χ3n) is 6.76. The molecular weight excluding hydrogens is 520 g/mol. The molecule has 0 aliphatic heterocycles. The molecule has 228 valence electrons. The van der Waals surface area contributed by atoms with Crippen LogP contribution in [0.3, 0.4) is 0 Å². The highest BCUT2D eigenvalue weighted by Gasteiger charge is 2.13. The summed E-state index contributed by atoms with van der Waals surface area (Å²) in [6.07, 6.45) is 14.9. The fourth-order valence-electron chi connectivity index (χ4n) is 3.99. The molecule has 9 nitrogen and oxygen atoms in total. The molecule has 2 heterocycles. The van der Waals surface area contributed by atoms with Crippen LogP contribution < -0.4 is 0 Å². The lowest BCUT2D eigenvalue weighted by Gasteiger charge is -2.13. The van der Waals surface area contributed by atoms with Crippen molar-refractivity contribution in [3.63, 3.8) is 0 Å². The number of likely N-dealkylation sites (N-methyl/N-ethyl adjacent to an activating group) is 1. The fraction of sp³-hybridized carbons (Fsp3) is 0.562. The molecule has 0 amide bonds. The number of carboxylic acids is 2. The maximum Gasteiger partial charge on any atom is 0.323 e. The Morgan fingerprint density at radius 3 is 2.00 bits per heavy atom. The Bertz CT molecular complexity index is 1080. The molecule has 3 aromatic rings. The molecule has 0 aliphatic carbocycles. The van der Waals surface area contributed by atoms with Gasteiger partial charge in [0.25, 0.3) is 0 Å². The molecule has 0 spiro atoms. The molecule has 0 aliphatic rings. The zero-order valence-electron chi connectivity index (χ0n) is 25.5. The second-order valence-electron chi connectivity index (χ2n) is 10.5. The predicted octanol–water partition coefficient (Wildman–Crippen LogP) is 6.35. The molecule has 2 atom stereocenters. The standard InChI is InChI=1S/C18H32N2O3.C9H7N.C5H11NO2/c1-3-4-5-6-7-8-9-10-11-12-17-19-16(15(2)21)13-20(17)14-18(22)23;1-2-6-9-8(4-1)5-3-7-10-9;1-4(5(7)8)6(2)3/h13,15,21H,3-12,14H2,1-2H3,(H,22,23);1-7H;4H,1-3H3,(H,7,8). The number of aliphatic hydroxyl groups excluding tert-OH is 1. The summed E-state index contributed by atoms with van der Waals surface area (Å²) in [5.74, 6) is -0.894. The number of fused-ring (bicyclic) bond motifs is 1. The van der Waals surface area contributed by atoms with Crippen LogP contribution in [-0.4, -0.2) is 66.8 Å². The Hall–Kier alpha value is -3.30. The molecule has 0 saturated carbocycles. The number of aryl methyl sites for hydroxylation is 1. The summed E-state index contributed by atoms with van der Waals surface area (Å²) in [5.41, 5.74) is 1.61. The van der Waals surface area contributed by atoms with Crippen LogP contribution >= 0.6 is 0 Å². The van der Waals surface area contributed by atoms with Crippen molar-refractivity contribution in [3.05, 3.63) is 60.3 Å². The number of rotatable bonds is 15. The number of benzene rings is 1. The summed E-state index contributed by atoms with van der Waals surface area (Å²) >= 11 is 0. The highest BCUT2D eigenvalue weighted by molar-refractivity contribution is 5.77. The number of carbonyl (C=O) groups is 2. The van der Waals surface area contributed by atoms with Crippen molar-refractivity contribution in [1.82, 2.24) is 19.4 Å². The van der Waals surface area contributed by atoms with Gasteiger partial charge >= 0.3 is 11.9 Å². The molecular formula is C32H50N4O5. The van der Waals surface area contributed by atoms with E-state index in [-0.39, 0.29) is 12.6 Å². The lowest BCUT2D eigenvalue weighted by molar-refractivity contribution is -0.141. The van der Waals surface area contributed by atoms with E-state index < -0.39 is 18.0 Å². The molecule has 41 heavy (non-hydrogen) atoms. The minimum absolute atomic E-state index is 0.0908. The predicted molar refractivity (Wildman–Crippen MR) is 164 cm³/mol. The van der Waals surface area contributed by atoms with E-state index in [0.717, 1.165) is 30.6 Å². The highest BCUT2D eigenvalue weighted by Crippen LogP contribution is 2.16. The van der Waals surface area contributed by atoms with Gasteiger partial charge in [0.15, 0.2) is 0 Å². The average Bonchev–Trinajstić information content (AvgIpc) is 3.34. The molecule has 0 radical (unpaired) electrons. The van der Waals surface area contributed by atoms with Crippen molar-refractivity contribution in [3.8, 4) is 0 Å². The van der Waals surface area contributed by atoms with Gasteiger partial charge in [-0.1, -0.05) is 82.6 Å². The molecule has 1 aromatic carbocycles. The quantitative estimate of drug-likeness (QED) is 0.180.